The lowest BCUT2D eigenvalue weighted by atomic mass is 9.44. The summed E-state index contributed by atoms with van der Waals surface area (Å²) in [6.45, 7) is 12.0. The van der Waals surface area contributed by atoms with Crippen molar-refractivity contribution in [1.29, 1.82) is 0 Å². The zero-order chi connectivity index (χ0) is 23.7. The van der Waals surface area contributed by atoms with Gasteiger partial charge in [-0.15, -0.1) is 0 Å². The smallest absolute Gasteiger partial charge is 0.0602 e. The van der Waals surface area contributed by atoms with E-state index in [0.29, 0.717) is 16.9 Å². The summed E-state index contributed by atoms with van der Waals surface area (Å²) in [7, 11) is 0. The molecule has 6 rings (SSSR count). The summed E-state index contributed by atoms with van der Waals surface area (Å²) in [6.07, 6.45) is 13.9. The fourth-order valence-electron chi connectivity index (χ4n) is 9.20. The zero-order valence-electron chi connectivity index (χ0n) is 22.1. The van der Waals surface area contributed by atoms with Gasteiger partial charge in [0.2, 0.25) is 0 Å². The van der Waals surface area contributed by atoms with Gasteiger partial charge in [0.1, 0.15) is 0 Å². The molecule has 0 unspecified atom stereocenters. The highest BCUT2D eigenvalue weighted by molar-refractivity contribution is 5.87. The molecule has 0 aromatic heterocycles. The standard InChI is InChI=1S/C33H44O/c1-31(2,3)34-26-16-18-32(4)25(21-26)12-13-27-29-15-14-28(33(29,5)19-17-30(27)32)24-11-10-22-8-6-7-9-23(22)20-24/h6-11,14,20,25-27,29-30H,12-13,15-19,21H2,1-5H3/t25-,26+,27-,29-,30-,32-,33+/m0/s1. The molecule has 0 bridgehead atoms. The highest BCUT2D eigenvalue weighted by atomic mass is 16.5. The largest absolute Gasteiger partial charge is 0.373 e. The Morgan fingerprint density at radius 3 is 2.44 bits per heavy atom. The maximum Gasteiger partial charge on any atom is 0.0602 e. The molecule has 7 atom stereocenters. The normalized spacial score (nSPS) is 39.8. The summed E-state index contributed by atoms with van der Waals surface area (Å²) in [6, 6.07) is 16.0. The van der Waals surface area contributed by atoms with E-state index in [2.05, 4.69) is 83.2 Å². The second-order valence-electron chi connectivity index (χ2n) is 13.7. The van der Waals surface area contributed by atoms with Crippen LogP contribution in [0.15, 0.2) is 48.5 Å². The number of rotatable bonds is 2. The third-order valence-corrected chi connectivity index (χ3v) is 10.8. The van der Waals surface area contributed by atoms with Crippen molar-refractivity contribution in [3.05, 3.63) is 54.1 Å². The van der Waals surface area contributed by atoms with Crippen molar-refractivity contribution in [2.24, 2.45) is 34.5 Å². The molecule has 2 aromatic rings. The first-order valence-electron chi connectivity index (χ1n) is 14.0. The lowest BCUT2D eigenvalue weighted by Crippen LogP contribution is -2.54. The van der Waals surface area contributed by atoms with Crippen LogP contribution in [0.5, 0.6) is 0 Å². The lowest BCUT2D eigenvalue weighted by Gasteiger charge is -2.61. The summed E-state index contributed by atoms with van der Waals surface area (Å²) in [5, 5.41) is 2.73. The van der Waals surface area contributed by atoms with Crippen molar-refractivity contribution in [3.8, 4) is 0 Å². The third-order valence-electron chi connectivity index (χ3n) is 10.8. The number of hydrogen-bond acceptors (Lipinski definition) is 1. The first kappa shape index (κ1) is 22.8. The Hall–Kier alpha value is -1.60. The molecule has 182 valence electrons. The predicted octanol–water partition coefficient (Wildman–Crippen LogP) is 9.06. The Labute approximate surface area is 207 Å². The van der Waals surface area contributed by atoms with Crippen molar-refractivity contribution < 1.29 is 4.74 Å². The Kier molecular flexibility index (Phi) is 5.34. The van der Waals surface area contributed by atoms with Crippen LogP contribution in [0.3, 0.4) is 0 Å². The van der Waals surface area contributed by atoms with E-state index in [1.165, 1.54) is 67.7 Å². The van der Waals surface area contributed by atoms with E-state index in [9.17, 15) is 0 Å². The van der Waals surface area contributed by atoms with Crippen LogP contribution in [0.25, 0.3) is 16.3 Å². The van der Waals surface area contributed by atoms with Gasteiger partial charge in [-0.25, -0.2) is 0 Å². The molecule has 34 heavy (non-hydrogen) atoms. The van der Waals surface area contributed by atoms with E-state index in [0.717, 1.165) is 23.7 Å². The highest BCUT2D eigenvalue weighted by Gasteiger charge is 2.58. The van der Waals surface area contributed by atoms with Crippen LogP contribution >= 0.6 is 0 Å². The second kappa shape index (κ2) is 7.95. The lowest BCUT2D eigenvalue weighted by molar-refractivity contribution is -0.148. The summed E-state index contributed by atoms with van der Waals surface area (Å²) in [5.74, 6) is 3.49. The van der Waals surface area contributed by atoms with E-state index in [1.807, 2.05) is 0 Å². The predicted molar refractivity (Wildman–Crippen MR) is 144 cm³/mol. The van der Waals surface area contributed by atoms with Crippen LogP contribution in [0, 0.1) is 34.5 Å². The minimum atomic E-state index is -0.0169. The SMILES string of the molecule is CC(C)(C)O[C@@H]1CC[C@@]2(C)[C@@H](CC[C@@H]3[C@@H]2CC[C@]2(C)C(c4ccc5ccccc5c4)=CC[C@@H]32)C1. The molecule has 0 spiro atoms. The molecule has 0 radical (unpaired) electrons. The molecule has 3 fully saturated rings. The number of hydrogen-bond donors (Lipinski definition) is 0. The van der Waals surface area contributed by atoms with Crippen LogP contribution in [-0.2, 0) is 4.74 Å². The van der Waals surface area contributed by atoms with E-state index >= 15 is 0 Å². The van der Waals surface area contributed by atoms with Crippen LogP contribution in [0.4, 0.5) is 0 Å². The van der Waals surface area contributed by atoms with Crippen LogP contribution in [0.2, 0.25) is 0 Å². The topological polar surface area (TPSA) is 9.23 Å². The van der Waals surface area contributed by atoms with Crippen molar-refractivity contribution >= 4 is 16.3 Å². The van der Waals surface area contributed by atoms with Crippen LogP contribution in [-0.4, -0.2) is 11.7 Å². The molecule has 1 heteroatoms. The molecule has 1 nitrogen and oxygen atoms in total. The molecule has 0 aliphatic heterocycles. The quantitative estimate of drug-likeness (QED) is 0.438. The maximum atomic E-state index is 6.48. The van der Waals surface area contributed by atoms with Crippen molar-refractivity contribution in [1.82, 2.24) is 0 Å². The van der Waals surface area contributed by atoms with Gasteiger partial charge in [-0.3, -0.25) is 0 Å². The molecule has 4 aliphatic rings. The van der Waals surface area contributed by atoms with Gasteiger partial charge in [0.05, 0.1) is 11.7 Å². The first-order chi connectivity index (χ1) is 16.2. The van der Waals surface area contributed by atoms with Crippen molar-refractivity contribution in [2.45, 2.75) is 97.7 Å². The van der Waals surface area contributed by atoms with E-state index in [1.54, 1.807) is 5.57 Å². The molecule has 4 aliphatic carbocycles. The van der Waals surface area contributed by atoms with Crippen molar-refractivity contribution in [3.63, 3.8) is 0 Å². The second-order valence-corrected chi connectivity index (χ2v) is 13.7. The molecule has 0 saturated heterocycles. The monoisotopic (exact) mass is 456 g/mol. The molecular weight excluding hydrogens is 412 g/mol. The maximum absolute atomic E-state index is 6.48. The minimum absolute atomic E-state index is 0.0169. The van der Waals surface area contributed by atoms with Gasteiger partial charge in [0, 0.05) is 0 Å². The summed E-state index contributed by atoms with van der Waals surface area (Å²) >= 11 is 0. The Morgan fingerprint density at radius 1 is 0.853 bits per heavy atom. The Bertz CT molecular complexity index is 1100. The number of ether oxygens (including phenoxy) is 1. The number of allylic oxidation sites excluding steroid dienone is 2. The Morgan fingerprint density at radius 2 is 1.65 bits per heavy atom. The van der Waals surface area contributed by atoms with Gasteiger partial charge in [-0.2, -0.15) is 0 Å². The van der Waals surface area contributed by atoms with Crippen molar-refractivity contribution in [2.75, 3.05) is 0 Å². The molecule has 3 saturated carbocycles. The molecule has 0 heterocycles. The van der Waals surface area contributed by atoms with Gasteiger partial charge >= 0.3 is 0 Å². The fourth-order valence-corrected chi connectivity index (χ4v) is 9.20. The molecule has 0 N–H and O–H groups in total. The van der Waals surface area contributed by atoms with Gasteiger partial charge in [0.15, 0.2) is 0 Å². The van der Waals surface area contributed by atoms with E-state index < -0.39 is 0 Å². The summed E-state index contributed by atoms with van der Waals surface area (Å²) in [5.41, 5.74) is 3.97. The van der Waals surface area contributed by atoms with Gasteiger partial charge in [-0.1, -0.05) is 56.3 Å². The third kappa shape index (κ3) is 3.60. The summed E-state index contributed by atoms with van der Waals surface area (Å²) in [4.78, 5) is 0. The summed E-state index contributed by atoms with van der Waals surface area (Å²) < 4.78 is 6.48. The van der Waals surface area contributed by atoms with Gasteiger partial charge in [0.25, 0.3) is 0 Å². The fraction of sp³-hybridized carbons (Fsp3) is 0.636. The zero-order valence-corrected chi connectivity index (χ0v) is 22.1. The van der Waals surface area contributed by atoms with E-state index in [4.69, 9.17) is 4.74 Å². The van der Waals surface area contributed by atoms with Gasteiger partial charge < -0.3 is 4.74 Å². The number of fused-ring (bicyclic) bond motifs is 6. The average Bonchev–Trinajstić information content (AvgIpc) is 3.15. The minimum Gasteiger partial charge on any atom is -0.373 e. The first-order valence-corrected chi connectivity index (χ1v) is 14.0. The average molecular weight is 457 g/mol. The van der Waals surface area contributed by atoms with Gasteiger partial charge in [-0.05, 0) is 135 Å². The molecule has 0 amide bonds. The van der Waals surface area contributed by atoms with Crippen LogP contribution < -0.4 is 0 Å². The molecular formula is C33H44O. The Balaban J connectivity index is 1.23. The van der Waals surface area contributed by atoms with Crippen LogP contribution in [0.1, 0.15) is 91.5 Å². The highest BCUT2D eigenvalue weighted by Crippen LogP contribution is 2.67. The van der Waals surface area contributed by atoms with E-state index in [-0.39, 0.29) is 5.60 Å². The molecule has 2 aromatic carbocycles. The number of benzene rings is 2.